The molecule has 2 unspecified atom stereocenters. The Morgan fingerprint density at radius 3 is 1.96 bits per heavy atom. The molecular formula is C16H19NO8. The number of hydrogen-bond donors (Lipinski definition) is 0. The highest BCUT2D eigenvalue weighted by Gasteiger charge is 2.51. The number of hydrogen-bond acceptors (Lipinski definition) is 8. The largest absolute Gasteiger partial charge is 0.468 e. The van der Waals surface area contributed by atoms with Crippen LogP contribution in [0.2, 0.25) is 0 Å². The molecule has 2 atom stereocenters. The lowest BCUT2D eigenvalue weighted by Crippen LogP contribution is -2.45. The fourth-order valence-electron chi connectivity index (χ4n) is 2.47. The minimum atomic E-state index is -1.98. The molecular weight excluding hydrogens is 334 g/mol. The van der Waals surface area contributed by atoms with Crippen LogP contribution in [-0.2, 0) is 28.6 Å². The van der Waals surface area contributed by atoms with Crippen LogP contribution >= 0.6 is 0 Å². The molecule has 9 nitrogen and oxygen atoms in total. The fraction of sp³-hybridized carbons (Fsp3) is 0.438. The molecule has 0 amide bonds. The van der Waals surface area contributed by atoms with Gasteiger partial charge in [0.05, 0.1) is 26.7 Å². The monoisotopic (exact) mass is 353 g/mol. The molecule has 1 aromatic rings. The van der Waals surface area contributed by atoms with E-state index < -0.39 is 40.7 Å². The molecule has 136 valence electrons. The number of carbonyl (C=O) groups excluding carboxylic acids is 3. The van der Waals surface area contributed by atoms with Gasteiger partial charge in [-0.15, -0.1) is 0 Å². The third-order valence-corrected chi connectivity index (χ3v) is 3.55. The van der Waals surface area contributed by atoms with Gasteiger partial charge in [-0.1, -0.05) is 30.3 Å². The zero-order valence-electron chi connectivity index (χ0n) is 14.0. The zero-order valence-corrected chi connectivity index (χ0v) is 14.0. The molecule has 0 aliphatic carbocycles. The van der Waals surface area contributed by atoms with Crippen molar-refractivity contribution >= 4 is 17.9 Å². The van der Waals surface area contributed by atoms with Crippen molar-refractivity contribution in [3.8, 4) is 0 Å². The van der Waals surface area contributed by atoms with E-state index in [1.165, 1.54) is 19.1 Å². The minimum Gasteiger partial charge on any atom is -0.468 e. The Bertz CT molecular complexity index is 614. The van der Waals surface area contributed by atoms with Crippen molar-refractivity contribution in [2.24, 2.45) is 5.92 Å². The van der Waals surface area contributed by atoms with Gasteiger partial charge in [0.15, 0.2) is 5.92 Å². The smallest absolute Gasteiger partial charge is 0.382 e. The summed E-state index contributed by atoms with van der Waals surface area (Å²) in [6.07, 6.45) is 0. The van der Waals surface area contributed by atoms with Gasteiger partial charge in [0.2, 0.25) is 0 Å². The molecule has 0 aliphatic rings. The predicted octanol–water partition coefficient (Wildman–Crippen LogP) is 0.941. The summed E-state index contributed by atoms with van der Waals surface area (Å²) in [5.74, 6) is -6.39. The molecule has 0 spiro atoms. The third-order valence-electron chi connectivity index (χ3n) is 3.55. The topological polar surface area (TPSA) is 122 Å². The van der Waals surface area contributed by atoms with Crippen LogP contribution in [0.25, 0.3) is 0 Å². The Morgan fingerprint density at radius 1 is 1.04 bits per heavy atom. The summed E-state index contributed by atoms with van der Waals surface area (Å²) in [6.45, 7) is 1.40. The third kappa shape index (κ3) is 4.75. The maximum absolute atomic E-state index is 12.2. The van der Waals surface area contributed by atoms with Crippen molar-refractivity contribution in [3.05, 3.63) is 46.0 Å². The standard InChI is InChI=1S/C16H19NO8/c1-4-25-16(20)13(17(21)22)11(10-8-6-5-7-9-10)12(14(18)23-2)15(19)24-3/h5-9,11-13H,4H2,1-3H3. The molecule has 0 saturated heterocycles. The molecule has 0 N–H and O–H groups in total. The lowest BCUT2D eigenvalue weighted by molar-refractivity contribution is -0.515. The first-order valence-corrected chi connectivity index (χ1v) is 7.39. The Kier molecular flexibility index (Phi) is 7.51. The van der Waals surface area contributed by atoms with Gasteiger partial charge in [-0.3, -0.25) is 19.7 Å². The van der Waals surface area contributed by atoms with Crippen LogP contribution in [0.15, 0.2) is 30.3 Å². The number of rotatable bonds is 8. The minimum absolute atomic E-state index is 0.0915. The Labute approximate surface area is 144 Å². The summed E-state index contributed by atoms with van der Waals surface area (Å²) in [7, 11) is 2.07. The van der Waals surface area contributed by atoms with E-state index in [-0.39, 0.29) is 12.2 Å². The highest BCUT2D eigenvalue weighted by atomic mass is 16.6. The van der Waals surface area contributed by atoms with Gasteiger partial charge in [-0.2, -0.15) is 0 Å². The van der Waals surface area contributed by atoms with Crippen LogP contribution in [-0.4, -0.2) is 49.7 Å². The lowest BCUT2D eigenvalue weighted by Gasteiger charge is -2.25. The highest BCUT2D eigenvalue weighted by Crippen LogP contribution is 2.32. The molecule has 0 fully saturated rings. The van der Waals surface area contributed by atoms with Crippen LogP contribution in [0, 0.1) is 16.0 Å². The van der Waals surface area contributed by atoms with Crippen molar-refractivity contribution in [1.82, 2.24) is 0 Å². The Morgan fingerprint density at radius 2 is 1.56 bits per heavy atom. The van der Waals surface area contributed by atoms with E-state index >= 15 is 0 Å². The van der Waals surface area contributed by atoms with E-state index in [4.69, 9.17) is 4.74 Å². The molecule has 0 heterocycles. The number of nitro groups is 1. The molecule has 25 heavy (non-hydrogen) atoms. The number of nitrogens with zero attached hydrogens (tertiary/aromatic N) is 1. The number of esters is 3. The quantitative estimate of drug-likeness (QED) is 0.222. The van der Waals surface area contributed by atoms with Gasteiger partial charge >= 0.3 is 23.9 Å². The Balaban J connectivity index is 3.55. The zero-order chi connectivity index (χ0) is 19.0. The summed E-state index contributed by atoms with van der Waals surface area (Å²) >= 11 is 0. The molecule has 0 radical (unpaired) electrons. The van der Waals surface area contributed by atoms with E-state index in [9.17, 15) is 24.5 Å². The number of carbonyl (C=O) groups is 3. The van der Waals surface area contributed by atoms with Crippen molar-refractivity contribution < 1.29 is 33.5 Å². The second-order valence-corrected chi connectivity index (χ2v) is 4.94. The maximum Gasteiger partial charge on any atom is 0.382 e. The maximum atomic E-state index is 12.2. The van der Waals surface area contributed by atoms with Gasteiger partial charge in [0.1, 0.15) is 0 Å². The second-order valence-electron chi connectivity index (χ2n) is 4.94. The van der Waals surface area contributed by atoms with Crippen LogP contribution in [0.5, 0.6) is 0 Å². The second kappa shape index (κ2) is 9.36. The fourth-order valence-corrected chi connectivity index (χ4v) is 2.47. The first-order chi connectivity index (χ1) is 11.9. The van der Waals surface area contributed by atoms with Gasteiger partial charge in [-0.05, 0) is 12.5 Å². The molecule has 9 heteroatoms. The van der Waals surface area contributed by atoms with E-state index in [0.717, 1.165) is 14.2 Å². The molecule has 1 aromatic carbocycles. The highest BCUT2D eigenvalue weighted by molar-refractivity contribution is 5.97. The lowest BCUT2D eigenvalue weighted by atomic mass is 9.80. The SMILES string of the molecule is CCOC(=O)C(C(c1ccccc1)C(C(=O)OC)C(=O)OC)[N+](=O)[O-]. The molecule has 1 rings (SSSR count). The summed E-state index contributed by atoms with van der Waals surface area (Å²) in [5.41, 5.74) is 0.234. The average molecular weight is 353 g/mol. The van der Waals surface area contributed by atoms with E-state index in [0.29, 0.717) is 0 Å². The van der Waals surface area contributed by atoms with Crippen LogP contribution < -0.4 is 0 Å². The van der Waals surface area contributed by atoms with Crippen molar-refractivity contribution in [1.29, 1.82) is 0 Å². The van der Waals surface area contributed by atoms with Gasteiger partial charge in [0, 0.05) is 4.92 Å². The average Bonchev–Trinajstić information content (AvgIpc) is 2.61. The van der Waals surface area contributed by atoms with Gasteiger partial charge < -0.3 is 14.2 Å². The molecule has 0 saturated carbocycles. The normalized spacial score (nSPS) is 12.8. The van der Waals surface area contributed by atoms with Gasteiger partial charge in [0.25, 0.3) is 0 Å². The summed E-state index contributed by atoms with van der Waals surface area (Å²) in [6, 6.07) is 5.74. The number of benzene rings is 1. The summed E-state index contributed by atoms with van der Waals surface area (Å²) in [4.78, 5) is 47.1. The Hall–Kier alpha value is -2.97. The predicted molar refractivity (Wildman–Crippen MR) is 84.1 cm³/mol. The first kappa shape index (κ1) is 20.1. The van der Waals surface area contributed by atoms with Crippen LogP contribution in [0.1, 0.15) is 18.4 Å². The molecule has 0 bridgehead atoms. The van der Waals surface area contributed by atoms with Crippen molar-refractivity contribution in [2.75, 3.05) is 20.8 Å². The van der Waals surface area contributed by atoms with E-state index in [2.05, 4.69) is 9.47 Å². The van der Waals surface area contributed by atoms with Crippen molar-refractivity contribution in [3.63, 3.8) is 0 Å². The van der Waals surface area contributed by atoms with Gasteiger partial charge in [-0.25, -0.2) is 4.79 Å². The number of methoxy groups -OCH3 is 2. The van der Waals surface area contributed by atoms with Crippen molar-refractivity contribution in [2.45, 2.75) is 18.9 Å². The summed E-state index contributed by atoms with van der Waals surface area (Å²) in [5, 5.41) is 11.6. The summed E-state index contributed by atoms with van der Waals surface area (Å²) < 4.78 is 13.9. The number of ether oxygens (including phenoxy) is 3. The van der Waals surface area contributed by atoms with E-state index in [1.54, 1.807) is 18.2 Å². The van der Waals surface area contributed by atoms with Crippen LogP contribution in [0.4, 0.5) is 0 Å². The van der Waals surface area contributed by atoms with Crippen LogP contribution in [0.3, 0.4) is 0 Å². The van der Waals surface area contributed by atoms with E-state index in [1.807, 2.05) is 0 Å². The first-order valence-electron chi connectivity index (χ1n) is 7.39. The molecule has 0 aliphatic heterocycles. The molecule has 0 aromatic heterocycles.